The summed E-state index contributed by atoms with van der Waals surface area (Å²) in [5.74, 6) is -0.773. The first-order chi connectivity index (χ1) is 10.7. The van der Waals surface area contributed by atoms with Crippen LogP contribution in [0.1, 0.15) is 46.5 Å². The summed E-state index contributed by atoms with van der Waals surface area (Å²) in [7, 11) is 0. The highest BCUT2D eigenvalue weighted by Gasteiger charge is 2.28. The zero-order chi connectivity index (χ0) is 17.0. The maximum absolute atomic E-state index is 12.1. The maximum Gasteiger partial charge on any atom is 0.317 e. The molecule has 0 radical (unpaired) electrons. The molecule has 2 fully saturated rings. The van der Waals surface area contributed by atoms with Crippen LogP contribution in [0.2, 0.25) is 0 Å². The molecule has 1 saturated heterocycles. The smallest absolute Gasteiger partial charge is 0.317 e. The topological polar surface area (TPSA) is 90.5 Å². The van der Waals surface area contributed by atoms with Gasteiger partial charge in [0, 0.05) is 31.2 Å². The first kappa shape index (κ1) is 17.6. The van der Waals surface area contributed by atoms with Crippen LogP contribution in [0.15, 0.2) is 0 Å². The Bertz CT molecular complexity index is 460. The molecule has 4 amide bonds. The van der Waals surface area contributed by atoms with Gasteiger partial charge in [-0.1, -0.05) is 0 Å². The predicted molar refractivity (Wildman–Crippen MR) is 86.8 cm³/mol. The number of urea groups is 1. The molecule has 2 rings (SSSR count). The lowest BCUT2D eigenvalue weighted by molar-refractivity contribution is -0.139. The monoisotopic (exact) mass is 324 g/mol. The molecule has 1 aliphatic heterocycles. The van der Waals surface area contributed by atoms with Gasteiger partial charge in [-0.2, -0.15) is 0 Å². The summed E-state index contributed by atoms with van der Waals surface area (Å²) in [6, 6.07) is 0.154. The van der Waals surface area contributed by atoms with Gasteiger partial charge in [0.2, 0.25) is 0 Å². The van der Waals surface area contributed by atoms with Crippen LogP contribution >= 0.6 is 0 Å². The second kappa shape index (κ2) is 7.19. The number of likely N-dealkylation sites (tertiary alicyclic amines) is 1. The summed E-state index contributed by atoms with van der Waals surface area (Å²) in [6.07, 6.45) is 3.60. The first-order valence-electron chi connectivity index (χ1n) is 8.40. The standard InChI is InChI=1S/C16H28N4O3/c1-16(2,3)19-15(23)20-8-6-11(7-9-20)10-17-13(21)14(22)18-12-4-5-12/h11-12H,4-10H2,1-3H3,(H,17,21)(H,18,22)(H,19,23). The van der Waals surface area contributed by atoms with E-state index in [-0.39, 0.29) is 17.6 Å². The molecule has 23 heavy (non-hydrogen) atoms. The van der Waals surface area contributed by atoms with Crippen LogP contribution in [0.4, 0.5) is 4.79 Å². The fraction of sp³-hybridized carbons (Fsp3) is 0.812. The third-order valence-corrected chi connectivity index (χ3v) is 4.05. The van der Waals surface area contributed by atoms with Crippen molar-refractivity contribution < 1.29 is 14.4 Å². The van der Waals surface area contributed by atoms with E-state index in [9.17, 15) is 14.4 Å². The quantitative estimate of drug-likeness (QED) is 0.664. The lowest BCUT2D eigenvalue weighted by atomic mass is 9.97. The van der Waals surface area contributed by atoms with E-state index in [2.05, 4.69) is 16.0 Å². The Morgan fingerprint density at radius 3 is 2.13 bits per heavy atom. The Morgan fingerprint density at radius 1 is 1.00 bits per heavy atom. The van der Waals surface area contributed by atoms with Crippen molar-refractivity contribution in [1.29, 1.82) is 0 Å². The van der Waals surface area contributed by atoms with Crippen molar-refractivity contribution in [3.8, 4) is 0 Å². The molecule has 2 aliphatic rings. The molecule has 3 N–H and O–H groups in total. The zero-order valence-electron chi connectivity index (χ0n) is 14.3. The summed E-state index contributed by atoms with van der Waals surface area (Å²) < 4.78 is 0. The van der Waals surface area contributed by atoms with Gasteiger partial charge in [0.25, 0.3) is 0 Å². The number of carbonyl (C=O) groups is 3. The van der Waals surface area contributed by atoms with Crippen molar-refractivity contribution in [3.05, 3.63) is 0 Å². The maximum atomic E-state index is 12.1. The second-order valence-electron chi connectivity index (χ2n) is 7.57. The predicted octanol–water partition coefficient (Wildman–Crippen LogP) is 0.601. The van der Waals surface area contributed by atoms with Gasteiger partial charge in [-0.15, -0.1) is 0 Å². The molecule has 0 bridgehead atoms. The lowest BCUT2D eigenvalue weighted by Crippen LogP contribution is -2.51. The lowest BCUT2D eigenvalue weighted by Gasteiger charge is -2.34. The minimum absolute atomic E-state index is 0.0382. The molecular formula is C16H28N4O3. The molecule has 1 aliphatic carbocycles. The Kier molecular flexibility index (Phi) is 5.49. The van der Waals surface area contributed by atoms with Crippen LogP contribution in [0.25, 0.3) is 0 Å². The van der Waals surface area contributed by atoms with Crippen molar-refractivity contribution in [2.24, 2.45) is 5.92 Å². The average molecular weight is 324 g/mol. The molecule has 0 spiro atoms. The highest BCUT2D eigenvalue weighted by atomic mass is 16.2. The SMILES string of the molecule is CC(C)(C)NC(=O)N1CCC(CNC(=O)C(=O)NC2CC2)CC1. The van der Waals surface area contributed by atoms with Gasteiger partial charge < -0.3 is 20.9 Å². The summed E-state index contributed by atoms with van der Waals surface area (Å²) in [5, 5.41) is 8.33. The highest BCUT2D eigenvalue weighted by molar-refractivity contribution is 6.35. The second-order valence-corrected chi connectivity index (χ2v) is 7.57. The van der Waals surface area contributed by atoms with Gasteiger partial charge in [0.05, 0.1) is 0 Å². The summed E-state index contributed by atoms with van der Waals surface area (Å²) in [4.78, 5) is 37.1. The van der Waals surface area contributed by atoms with E-state index in [1.165, 1.54) is 0 Å². The highest BCUT2D eigenvalue weighted by Crippen LogP contribution is 2.19. The van der Waals surface area contributed by atoms with Crippen molar-refractivity contribution in [2.45, 2.75) is 58.0 Å². The van der Waals surface area contributed by atoms with Crippen LogP contribution in [0.3, 0.4) is 0 Å². The molecule has 0 atom stereocenters. The van der Waals surface area contributed by atoms with Gasteiger partial charge in [-0.05, 0) is 52.4 Å². The average Bonchev–Trinajstić information content (AvgIpc) is 3.27. The number of piperidine rings is 1. The van der Waals surface area contributed by atoms with Gasteiger partial charge in [-0.3, -0.25) is 9.59 Å². The van der Waals surface area contributed by atoms with Crippen LogP contribution < -0.4 is 16.0 Å². The molecule has 7 nitrogen and oxygen atoms in total. The number of hydrogen-bond donors (Lipinski definition) is 3. The fourth-order valence-electron chi connectivity index (χ4n) is 2.54. The van der Waals surface area contributed by atoms with Crippen molar-refractivity contribution >= 4 is 17.8 Å². The molecule has 7 heteroatoms. The van der Waals surface area contributed by atoms with E-state index >= 15 is 0 Å². The van der Waals surface area contributed by atoms with E-state index in [0.29, 0.717) is 25.6 Å². The van der Waals surface area contributed by atoms with Crippen molar-refractivity contribution in [1.82, 2.24) is 20.9 Å². The number of nitrogens with zero attached hydrogens (tertiary/aromatic N) is 1. The molecular weight excluding hydrogens is 296 g/mol. The van der Waals surface area contributed by atoms with Gasteiger partial charge >= 0.3 is 17.8 Å². The van der Waals surface area contributed by atoms with Gasteiger partial charge in [0.1, 0.15) is 0 Å². The Balaban J connectivity index is 1.65. The van der Waals surface area contributed by atoms with Gasteiger partial charge in [0.15, 0.2) is 0 Å². The van der Waals surface area contributed by atoms with E-state index in [4.69, 9.17) is 0 Å². The minimum Gasteiger partial charge on any atom is -0.348 e. The number of carbonyl (C=O) groups excluding carboxylic acids is 3. The van der Waals surface area contributed by atoms with Crippen molar-refractivity contribution in [2.75, 3.05) is 19.6 Å². The molecule has 0 aromatic heterocycles. The fourth-order valence-corrected chi connectivity index (χ4v) is 2.54. The third kappa shape index (κ3) is 6.08. The molecule has 0 unspecified atom stereocenters. The zero-order valence-corrected chi connectivity index (χ0v) is 14.3. The Morgan fingerprint density at radius 2 is 1.61 bits per heavy atom. The Hall–Kier alpha value is -1.79. The molecule has 130 valence electrons. The van der Waals surface area contributed by atoms with Gasteiger partial charge in [-0.25, -0.2) is 4.79 Å². The van der Waals surface area contributed by atoms with E-state index in [1.807, 2.05) is 25.7 Å². The van der Waals surface area contributed by atoms with Crippen LogP contribution in [-0.2, 0) is 9.59 Å². The minimum atomic E-state index is -0.551. The van der Waals surface area contributed by atoms with Crippen LogP contribution in [0, 0.1) is 5.92 Å². The third-order valence-electron chi connectivity index (χ3n) is 4.05. The first-order valence-corrected chi connectivity index (χ1v) is 8.40. The number of rotatable bonds is 3. The molecule has 1 heterocycles. The molecule has 0 aromatic rings. The molecule has 1 saturated carbocycles. The number of nitrogens with one attached hydrogen (secondary N) is 3. The van der Waals surface area contributed by atoms with Crippen LogP contribution in [-0.4, -0.2) is 54.0 Å². The summed E-state index contributed by atoms with van der Waals surface area (Å²) >= 11 is 0. The van der Waals surface area contributed by atoms with E-state index in [0.717, 1.165) is 25.7 Å². The number of amides is 4. The van der Waals surface area contributed by atoms with Crippen molar-refractivity contribution in [3.63, 3.8) is 0 Å². The van der Waals surface area contributed by atoms with E-state index < -0.39 is 11.8 Å². The summed E-state index contributed by atoms with van der Waals surface area (Å²) in [6.45, 7) is 7.72. The summed E-state index contributed by atoms with van der Waals surface area (Å²) in [5.41, 5.74) is -0.239. The largest absolute Gasteiger partial charge is 0.348 e. The Labute approximate surface area is 137 Å². The normalized spacial score (nSPS) is 19.2. The van der Waals surface area contributed by atoms with E-state index in [1.54, 1.807) is 0 Å². The molecule has 0 aromatic carbocycles. The van der Waals surface area contributed by atoms with Crippen LogP contribution in [0.5, 0.6) is 0 Å². The number of hydrogen-bond acceptors (Lipinski definition) is 3.